The number of nitrogens with zero attached hydrogens (tertiary/aromatic N) is 1. The largest absolute Gasteiger partial charge is 0.376 e. The summed E-state index contributed by atoms with van der Waals surface area (Å²) in [6.07, 6.45) is 1.82. The van der Waals surface area contributed by atoms with Crippen molar-refractivity contribution in [2.75, 3.05) is 29.3 Å². The van der Waals surface area contributed by atoms with Gasteiger partial charge in [-0.1, -0.05) is 48.0 Å². The number of amides is 2. The predicted molar refractivity (Wildman–Crippen MR) is 144 cm³/mol. The number of para-hydroxylation sites is 1. The van der Waals surface area contributed by atoms with Crippen LogP contribution in [0.2, 0.25) is 5.02 Å². The van der Waals surface area contributed by atoms with Gasteiger partial charge in [-0.05, 0) is 61.7 Å². The van der Waals surface area contributed by atoms with Gasteiger partial charge in [0, 0.05) is 18.2 Å². The summed E-state index contributed by atoms with van der Waals surface area (Å²) in [5.74, 6) is -0.968. The topological polar surface area (TPSA) is 105 Å². The van der Waals surface area contributed by atoms with Crippen LogP contribution in [0.1, 0.15) is 28.8 Å². The van der Waals surface area contributed by atoms with Crippen molar-refractivity contribution in [2.24, 2.45) is 0 Å². The molecule has 37 heavy (non-hydrogen) atoms. The molecular formula is C27H28ClN3O5S. The highest BCUT2D eigenvalue weighted by molar-refractivity contribution is 7.92. The fourth-order valence-corrected chi connectivity index (χ4v) is 5.75. The lowest BCUT2D eigenvalue weighted by atomic mass is 10.1. The highest BCUT2D eigenvalue weighted by Gasteiger charge is 2.29. The Morgan fingerprint density at radius 2 is 1.78 bits per heavy atom. The number of nitrogens with one attached hydrogen (secondary N) is 2. The van der Waals surface area contributed by atoms with E-state index in [2.05, 4.69) is 10.6 Å². The summed E-state index contributed by atoms with van der Waals surface area (Å²) < 4.78 is 33.8. The van der Waals surface area contributed by atoms with Gasteiger partial charge in [-0.2, -0.15) is 0 Å². The Morgan fingerprint density at radius 3 is 2.51 bits per heavy atom. The number of anilines is 2. The number of rotatable bonds is 9. The van der Waals surface area contributed by atoms with Crippen LogP contribution in [0.4, 0.5) is 11.4 Å². The minimum Gasteiger partial charge on any atom is -0.376 e. The SMILES string of the molecule is Cc1ccc(Cl)cc1N(CC(=O)Nc1ccccc1C(=O)NC[C@H]1CCCO1)S(=O)(=O)c1ccccc1. The van der Waals surface area contributed by atoms with Crippen molar-refractivity contribution < 1.29 is 22.7 Å². The first kappa shape index (κ1) is 26.7. The quantitative estimate of drug-likeness (QED) is 0.418. The lowest BCUT2D eigenvalue weighted by Crippen LogP contribution is -2.39. The fraction of sp³-hybridized carbons (Fsp3) is 0.259. The third-order valence-electron chi connectivity index (χ3n) is 6.02. The van der Waals surface area contributed by atoms with Crippen LogP contribution in [0, 0.1) is 6.92 Å². The normalized spacial score (nSPS) is 15.2. The Kier molecular flexibility index (Phi) is 8.48. The zero-order chi connectivity index (χ0) is 26.4. The molecule has 1 saturated heterocycles. The molecule has 1 fully saturated rings. The second-order valence-electron chi connectivity index (χ2n) is 8.69. The molecule has 1 aliphatic heterocycles. The second-order valence-corrected chi connectivity index (χ2v) is 11.0. The molecule has 0 saturated carbocycles. The van der Waals surface area contributed by atoms with Crippen molar-refractivity contribution >= 4 is 44.8 Å². The Balaban J connectivity index is 1.58. The lowest BCUT2D eigenvalue weighted by Gasteiger charge is -2.26. The summed E-state index contributed by atoms with van der Waals surface area (Å²) in [5, 5.41) is 5.89. The number of ether oxygens (including phenoxy) is 1. The van der Waals surface area contributed by atoms with Gasteiger partial charge in [0.25, 0.3) is 15.9 Å². The second kappa shape index (κ2) is 11.8. The van der Waals surface area contributed by atoms with Gasteiger partial charge in [0.1, 0.15) is 6.54 Å². The third-order valence-corrected chi connectivity index (χ3v) is 8.03. The number of carbonyl (C=O) groups excluding carboxylic acids is 2. The van der Waals surface area contributed by atoms with E-state index in [-0.39, 0.29) is 33.8 Å². The Morgan fingerprint density at radius 1 is 1.05 bits per heavy atom. The molecule has 0 aromatic heterocycles. The Labute approximate surface area is 221 Å². The summed E-state index contributed by atoms with van der Waals surface area (Å²) in [7, 11) is -4.10. The van der Waals surface area contributed by atoms with E-state index in [0.717, 1.165) is 17.1 Å². The van der Waals surface area contributed by atoms with Gasteiger partial charge < -0.3 is 15.4 Å². The number of halogens is 1. The predicted octanol–water partition coefficient (Wildman–Crippen LogP) is 4.39. The Hall–Kier alpha value is -3.40. The van der Waals surface area contributed by atoms with Crippen molar-refractivity contribution in [1.29, 1.82) is 0 Å². The van der Waals surface area contributed by atoms with Crippen LogP contribution in [-0.2, 0) is 19.6 Å². The number of benzene rings is 3. The number of sulfonamides is 1. The van der Waals surface area contributed by atoms with E-state index in [1.165, 1.54) is 18.2 Å². The maximum Gasteiger partial charge on any atom is 0.264 e. The summed E-state index contributed by atoms with van der Waals surface area (Å²) in [5.41, 5.74) is 1.46. The molecule has 8 nitrogen and oxygen atoms in total. The van der Waals surface area contributed by atoms with Crippen LogP contribution >= 0.6 is 11.6 Å². The van der Waals surface area contributed by atoms with E-state index in [0.29, 0.717) is 23.7 Å². The summed E-state index contributed by atoms with van der Waals surface area (Å²) in [6, 6.07) is 19.3. The van der Waals surface area contributed by atoms with Crippen LogP contribution in [-0.4, -0.2) is 46.0 Å². The molecule has 4 rings (SSSR count). The molecule has 1 aliphatic rings. The number of carbonyl (C=O) groups is 2. The minimum atomic E-state index is -4.10. The van der Waals surface area contributed by atoms with Gasteiger partial charge in [-0.15, -0.1) is 0 Å². The van der Waals surface area contributed by atoms with Crippen molar-refractivity contribution in [3.63, 3.8) is 0 Å². The van der Waals surface area contributed by atoms with Crippen LogP contribution < -0.4 is 14.9 Å². The van der Waals surface area contributed by atoms with E-state index in [1.807, 2.05) is 0 Å². The van der Waals surface area contributed by atoms with Gasteiger partial charge in [0.05, 0.1) is 27.9 Å². The van der Waals surface area contributed by atoms with Crippen molar-refractivity contribution in [3.05, 3.63) is 88.9 Å². The number of hydrogen-bond acceptors (Lipinski definition) is 5. The summed E-state index contributed by atoms with van der Waals surface area (Å²) in [4.78, 5) is 26.1. The lowest BCUT2D eigenvalue weighted by molar-refractivity contribution is -0.114. The van der Waals surface area contributed by atoms with Gasteiger partial charge in [-0.3, -0.25) is 13.9 Å². The van der Waals surface area contributed by atoms with Gasteiger partial charge in [0.2, 0.25) is 5.91 Å². The number of aryl methyl sites for hydroxylation is 1. The van der Waals surface area contributed by atoms with Crippen LogP contribution in [0.25, 0.3) is 0 Å². The molecule has 0 radical (unpaired) electrons. The van der Waals surface area contributed by atoms with Crippen molar-refractivity contribution in [3.8, 4) is 0 Å². The number of hydrogen-bond donors (Lipinski definition) is 2. The molecule has 1 atom stereocenters. The molecule has 3 aromatic rings. The van der Waals surface area contributed by atoms with E-state index >= 15 is 0 Å². The van der Waals surface area contributed by atoms with Gasteiger partial charge >= 0.3 is 0 Å². The van der Waals surface area contributed by atoms with Crippen molar-refractivity contribution in [1.82, 2.24) is 5.32 Å². The molecule has 194 valence electrons. The Bertz CT molecular complexity index is 1380. The molecule has 0 spiro atoms. The van der Waals surface area contributed by atoms with Crippen LogP contribution in [0.3, 0.4) is 0 Å². The molecule has 1 heterocycles. The van der Waals surface area contributed by atoms with Crippen LogP contribution in [0.15, 0.2) is 77.7 Å². The van der Waals surface area contributed by atoms with E-state index in [4.69, 9.17) is 16.3 Å². The molecule has 2 amide bonds. The fourth-order valence-electron chi connectivity index (χ4n) is 4.09. The standard InChI is InChI=1S/C27H28ClN3O5S/c1-19-13-14-20(28)16-25(19)31(37(34,35)22-9-3-2-4-10-22)18-26(32)30-24-12-6-5-11-23(24)27(33)29-17-21-8-7-15-36-21/h2-6,9-14,16,21H,7-8,15,17-18H2,1H3,(H,29,33)(H,30,32)/t21-/m1/s1. The smallest absolute Gasteiger partial charge is 0.264 e. The van der Waals surface area contributed by atoms with E-state index in [9.17, 15) is 18.0 Å². The molecule has 0 bridgehead atoms. The molecular weight excluding hydrogens is 514 g/mol. The first-order chi connectivity index (χ1) is 17.8. The molecule has 0 aliphatic carbocycles. The monoisotopic (exact) mass is 541 g/mol. The highest BCUT2D eigenvalue weighted by Crippen LogP contribution is 2.29. The van der Waals surface area contributed by atoms with Gasteiger partial charge in [0.15, 0.2) is 0 Å². The highest BCUT2D eigenvalue weighted by atomic mass is 35.5. The van der Waals surface area contributed by atoms with Crippen molar-refractivity contribution in [2.45, 2.75) is 30.8 Å². The summed E-state index contributed by atoms with van der Waals surface area (Å²) >= 11 is 6.18. The zero-order valence-electron chi connectivity index (χ0n) is 20.3. The maximum atomic E-state index is 13.6. The van der Waals surface area contributed by atoms with Crippen LogP contribution in [0.5, 0.6) is 0 Å². The minimum absolute atomic E-state index is 0.0246. The first-order valence-electron chi connectivity index (χ1n) is 11.9. The molecule has 10 heteroatoms. The first-order valence-corrected chi connectivity index (χ1v) is 13.7. The van der Waals surface area contributed by atoms with Gasteiger partial charge in [-0.25, -0.2) is 8.42 Å². The maximum absolute atomic E-state index is 13.6. The molecule has 3 aromatic carbocycles. The molecule has 0 unspecified atom stereocenters. The van der Waals surface area contributed by atoms with E-state index < -0.39 is 22.5 Å². The average Bonchev–Trinajstić information content (AvgIpc) is 3.42. The summed E-state index contributed by atoms with van der Waals surface area (Å²) in [6.45, 7) is 2.27. The molecule has 2 N–H and O–H groups in total. The third kappa shape index (κ3) is 6.49. The zero-order valence-corrected chi connectivity index (χ0v) is 21.9. The van der Waals surface area contributed by atoms with E-state index in [1.54, 1.807) is 61.5 Å². The average molecular weight is 542 g/mol.